The van der Waals surface area contributed by atoms with Gasteiger partial charge in [-0.1, -0.05) is 0 Å². The van der Waals surface area contributed by atoms with Gasteiger partial charge in [0.1, 0.15) is 5.76 Å². The molecule has 1 aromatic carbocycles. The van der Waals surface area contributed by atoms with E-state index in [0.717, 1.165) is 50.2 Å². The summed E-state index contributed by atoms with van der Waals surface area (Å²) in [7, 11) is 1.91. The highest BCUT2D eigenvalue weighted by atomic mass is 16.3. The lowest BCUT2D eigenvalue weighted by atomic mass is 9.99. The number of likely N-dealkylation sites (N-methyl/N-ethyl adjacent to an activating group) is 1. The number of carbonyl (C=O) groups is 1. The molecular formula is C21H27N3O2. The maximum atomic E-state index is 11.6. The van der Waals surface area contributed by atoms with Crippen LogP contribution in [0.25, 0.3) is 11.3 Å². The Hall–Kier alpha value is -2.27. The largest absolute Gasteiger partial charge is 0.464 e. The topological polar surface area (TPSA) is 48.7 Å². The highest BCUT2D eigenvalue weighted by Crippen LogP contribution is 2.26. The van der Waals surface area contributed by atoms with Crippen molar-refractivity contribution in [3.8, 4) is 11.3 Å². The van der Waals surface area contributed by atoms with Crippen molar-refractivity contribution in [3.05, 3.63) is 42.7 Å². The molecule has 0 saturated carbocycles. The van der Waals surface area contributed by atoms with Gasteiger partial charge in [0.2, 0.25) is 5.91 Å². The third-order valence-electron chi connectivity index (χ3n) is 5.63. The minimum atomic E-state index is 0.274. The second-order valence-corrected chi connectivity index (χ2v) is 7.46. The molecule has 1 amide bonds. The fourth-order valence-electron chi connectivity index (χ4n) is 4.07. The molecule has 138 valence electrons. The number of likely N-dealkylation sites (tertiary alicyclic amines) is 1. The van der Waals surface area contributed by atoms with Gasteiger partial charge >= 0.3 is 0 Å². The van der Waals surface area contributed by atoms with Gasteiger partial charge in [0, 0.05) is 56.4 Å². The lowest BCUT2D eigenvalue weighted by Crippen LogP contribution is -2.52. The van der Waals surface area contributed by atoms with Crippen molar-refractivity contribution in [1.29, 1.82) is 0 Å². The number of benzene rings is 1. The van der Waals surface area contributed by atoms with E-state index in [0.29, 0.717) is 18.5 Å². The third-order valence-corrected chi connectivity index (χ3v) is 5.63. The van der Waals surface area contributed by atoms with E-state index in [1.54, 1.807) is 6.26 Å². The van der Waals surface area contributed by atoms with E-state index in [9.17, 15) is 4.79 Å². The quantitative estimate of drug-likeness (QED) is 0.917. The minimum Gasteiger partial charge on any atom is -0.464 e. The van der Waals surface area contributed by atoms with Crippen LogP contribution in [0.3, 0.4) is 0 Å². The van der Waals surface area contributed by atoms with E-state index in [-0.39, 0.29) is 5.91 Å². The predicted octanol–water partition coefficient (Wildman–Crippen LogP) is 3.13. The molecule has 0 radical (unpaired) electrons. The van der Waals surface area contributed by atoms with Gasteiger partial charge in [-0.05, 0) is 55.7 Å². The number of nitrogens with one attached hydrogen (secondary N) is 1. The molecule has 2 saturated heterocycles. The number of hydrogen-bond acceptors (Lipinski definition) is 4. The van der Waals surface area contributed by atoms with Crippen molar-refractivity contribution in [3.63, 3.8) is 0 Å². The number of anilines is 1. The van der Waals surface area contributed by atoms with Gasteiger partial charge in [-0.2, -0.15) is 0 Å². The number of furan rings is 1. The van der Waals surface area contributed by atoms with Crippen LogP contribution in [0, 0.1) is 0 Å². The zero-order chi connectivity index (χ0) is 17.9. The zero-order valence-corrected chi connectivity index (χ0v) is 15.4. The summed E-state index contributed by atoms with van der Waals surface area (Å²) in [5, 5.41) is 3.78. The average Bonchev–Trinajstić information content (AvgIpc) is 3.20. The molecule has 4 rings (SSSR count). The van der Waals surface area contributed by atoms with Gasteiger partial charge in [0.05, 0.1) is 6.26 Å². The lowest BCUT2D eigenvalue weighted by Gasteiger charge is -2.38. The Labute approximate surface area is 155 Å². The fraction of sp³-hybridized carbons (Fsp3) is 0.476. The van der Waals surface area contributed by atoms with Crippen LogP contribution in [0.5, 0.6) is 0 Å². The van der Waals surface area contributed by atoms with Crippen LogP contribution in [0.15, 0.2) is 47.1 Å². The van der Waals surface area contributed by atoms with Gasteiger partial charge in [-0.25, -0.2) is 0 Å². The number of hydrogen-bond donors (Lipinski definition) is 1. The zero-order valence-electron chi connectivity index (χ0n) is 15.4. The van der Waals surface area contributed by atoms with E-state index in [2.05, 4.69) is 34.5 Å². The Balaban J connectivity index is 1.29. The molecular weight excluding hydrogens is 326 g/mol. The van der Waals surface area contributed by atoms with Crippen LogP contribution in [-0.2, 0) is 4.79 Å². The van der Waals surface area contributed by atoms with E-state index in [4.69, 9.17) is 4.42 Å². The molecule has 2 aliphatic heterocycles. The molecule has 0 spiro atoms. The maximum absolute atomic E-state index is 11.6. The van der Waals surface area contributed by atoms with E-state index in [1.807, 2.05) is 24.1 Å². The average molecular weight is 353 g/mol. The Morgan fingerprint density at radius 2 is 1.81 bits per heavy atom. The summed E-state index contributed by atoms with van der Waals surface area (Å²) in [5.74, 6) is 1.19. The van der Waals surface area contributed by atoms with Gasteiger partial charge in [-0.3, -0.25) is 4.79 Å². The first-order valence-electron chi connectivity index (χ1n) is 9.58. The summed E-state index contributed by atoms with van der Waals surface area (Å²) in [6, 6.07) is 13.5. The Morgan fingerprint density at radius 1 is 1.04 bits per heavy atom. The first-order valence-corrected chi connectivity index (χ1v) is 9.58. The smallest absolute Gasteiger partial charge is 0.222 e. The first kappa shape index (κ1) is 17.2. The number of carbonyl (C=O) groups excluding carboxylic acids is 1. The van der Waals surface area contributed by atoms with E-state index in [1.165, 1.54) is 5.69 Å². The third kappa shape index (κ3) is 3.78. The molecule has 2 aliphatic rings. The van der Waals surface area contributed by atoms with Gasteiger partial charge in [0.25, 0.3) is 0 Å². The summed E-state index contributed by atoms with van der Waals surface area (Å²) >= 11 is 0. The molecule has 3 heterocycles. The van der Waals surface area contributed by atoms with Crippen LogP contribution in [0.2, 0.25) is 0 Å². The minimum absolute atomic E-state index is 0.274. The SMILES string of the molecule is CN1CC(NC2CCN(c3ccc(-c4ccco4)cc3)CC2)CCC1=O. The summed E-state index contributed by atoms with van der Waals surface area (Å²) < 4.78 is 5.46. The van der Waals surface area contributed by atoms with Crippen LogP contribution < -0.4 is 10.2 Å². The van der Waals surface area contributed by atoms with Crippen molar-refractivity contribution >= 4 is 11.6 Å². The Bertz CT molecular complexity index is 718. The second-order valence-electron chi connectivity index (χ2n) is 7.46. The molecule has 26 heavy (non-hydrogen) atoms. The molecule has 0 aliphatic carbocycles. The van der Waals surface area contributed by atoms with Crippen LogP contribution in [0.4, 0.5) is 5.69 Å². The number of nitrogens with zero attached hydrogens (tertiary/aromatic N) is 2. The monoisotopic (exact) mass is 353 g/mol. The van der Waals surface area contributed by atoms with Crippen molar-refractivity contribution < 1.29 is 9.21 Å². The molecule has 1 N–H and O–H groups in total. The Kier molecular flexibility index (Phi) is 4.98. The van der Waals surface area contributed by atoms with Crippen molar-refractivity contribution in [2.75, 3.05) is 31.6 Å². The van der Waals surface area contributed by atoms with Gasteiger partial charge in [0.15, 0.2) is 0 Å². The van der Waals surface area contributed by atoms with Gasteiger partial charge in [-0.15, -0.1) is 0 Å². The molecule has 2 aromatic rings. The van der Waals surface area contributed by atoms with E-state index < -0.39 is 0 Å². The van der Waals surface area contributed by atoms with Gasteiger partial charge < -0.3 is 19.5 Å². The van der Waals surface area contributed by atoms with Crippen LogP contribution in [0.1, 0.15) is 25.7 Å². The molecule has 0 bridgehead atoms. The maximum Gasteiger partial charge on any atom is 0.222 e. The molecule has 5 heteroatoms. The molecule has 1 atom stereocenters. The summed E-state index contributed by atoms with van der Waals surface area (Å²) in [6.45, 7) is 2.98. The number of piperidine rings is 2. The highest BCUT2D eigenvalue weighted by Gasteiger charge is 2.26. The van der Waals surface area contributed by atoms with Crippen LogP contribution in [-0.4, -0.2) is 49.6 Å². The van der Waals surface area contributed by atoms with Crippen molar-refractivity contribution in [2.45, 2.75) is 37.8 Å². The lowest BCUT2D eigenvalue weighted by molar-refractivity contribution is -0.132. The summed E-state index contributed by atoms with van der Waals surface area (Å²) in [4.78, 5) is 15.9. The molecule has 5 nitrogen and oxygen atoms in total. The standard InChI is InChI=1S/C21H27N3O2/c1-23-15-18(6-9-21(23)25)22-17-10-12-24(13-11-17)19-7-4-16(5-8-19)20-3-2-14-26-20/h2-5,7-8,14,17-18,22H,6,9-13,15H2,1H3. The number of amides is 1. The first-order chi connectivity index (χ1) is 12.7. The predicted molar refractivity (Wildman–Crippen MR) is 103 cm³/mol. The highest BCUT2D eigenvalue weighted by molar-refractivity contribution is 5.76. The number of rotatable bonds is 4. The van der Waals surface area contributed by atoms with Crippen molar-refractivity contribution in [1.82, 2.24) is 10.2 Å². The molecule has 1 unspecified atom stereocenters. The van der Waals surface area contributed by atoms with Crippen molar-refractivity contribution in [2.24, 2.45) is 0 Å². The van der Waals surface area contributed by atoms with Crippen LogP contribution >= 0.6 is 0 Å². The summed E-state index contributed by atoms with van der Waals surface area (Å²) in [6.07, 6.45) is 5.65. The Morgan fingerprint density at radius 3 is 2.46 bits per heavy atom. The van der Waals surface area contributed by atoms with E-state index >= 15 is 0 Å². The summed E-state index contributed by atoms with van der Waals surface area (Å²) in [5.41, 5.74) is 2.40. The molecule has 2 fully saturated rings. The normalized spacial score (nSPS) is 22.0. The fourth-order valence-corrected chi connectivity index (χ4v) is 4.07. The second kappa shape index (κ2) is 7.54. The molecule has 1 aromatic heterocycles.